The number of carbonyl (C=O) groups excluding carboxylic acids is 1. The molecule has 1 aliphatic heterocycles. The van der Waals surface area contributed by atoms with E-state index in [4.69, 9.17) is 0 Å². The molecule has 0 bridgehead atoms. The van der Waals surface area contributed by atoms with Crippen molar-refractivity contribution in [2.24, 2.45) is 5.41 Å². The first-order chi connectivity index (χ1) is 7.98. The van der Waals surface area contributed by atoms with Gasteiger partial charge >= 0.3 is 0 Å². The van der Waals surface area contributed by atoms with Crippen LogP contribution in [0.25, 0.3) is 0 Å². The molecule has 0 spiro atoms. The second-order valence-corrected chi connectivity index (χ2v) is 5.92. The summed E-state index contributed by atoms with van der Waals surface area (Å²) in [6, 6.07) is 0.449. The van der Waals surface area contributed by atoms with E-state index in [0.717, 1.165) is 45.3 Å². The SMILES string of the molecule is CCNC(CC)CN1CCC(C)(C)CCC1=O. The average Bonchev–Trinajstić information content (AvgIpc) is 2.41. The zero-order chi connectivity index (χ0) is 12.9. The van der Waals surface area contributed by atoms with E-state index in [1.807, 2.05) is 0 Å². The molecule has 100 valence electrons. The Morgan fingerprint density at radius 1 is 1.35 bits per heavy atom. The molecule has 1 unspecified atom stereocenters. The Morgan fingerprint density at radius 3 is 2.65 bits per heavy atom. The zero-order valence-corrected chi connectivity index (χ0v) is 11.9. The van der Waals surface area contributed by atoms with Crippen LogP contribution in [0.2, 0.25) is 0 Å². The minimum Gasteiger partial charge on any atom is -0.341 e. The van der Waals surface area contributed by atoms with Crippen molar-refractivity contribution in [1.82, 2.24) is 10.2 Å². The van der Waals surface area contributed by atoms with Crippen molar-refractivity contribution in [1.29, 1.82) is 0 Å². The largest absolute Gasteiger partial charge is 0.341 e. The highest BCUT2D eigenvalue weighted by Gasteiger charge is 2.28. The highest BCUT2D eigenvalue weighted by atomic mass is 16.2. The normalized spacial score (nSPS) is 22.4. The van der Waals surface area contributed by atoms with E-state index in [0.29, 0.717) is 17.4 Å². The van der Waals surface area contributed by atoms with E-state index in [2.05, 4.69) is 37.9 Å². The molecule has 1 amide bonds. The lowest BCUT2D eigenvalue weighted by Crippen LogP contribution is -2.43. The first-order valence-corrected chi connectivity index (χ1v) is 6.99. The van der Waals surface area contributed by atoms with Crippen molar-refractivity contribution in [2.75, 3.05) is 19.6 Å². The fraction of sp³-hybridized carbons (Fsp3) is 0.929. The summed E-state index contributed by atoms with van der Waals surface area (Å²) < 4.78 is 0. The van der Waals surface area contributed by atoms with E-state index < -0.39 is 0 Å². The summed E-state index contributed by atoms with van der Waals surface area (Å²) in [5.74, 6) is 0.340. The molecular formula is C14H28N2O. The lowest BCUT2D eigenvalue weighted by molar-refractivity contribution is -0.131. The lowest BCUT2D eigenvalue weighted by atomic mass is 9.85. The fourth-order valence-corrected chi connectivity index (χ4v) is 2.38. The van der Waals surface area contributed by atoms with Crippen LogP contribution in [0.3, 0.4) is 0 Å². The third kappa shape index (κ3) is 4.66. The number of carbonyl (C=O) groups is 1. The van der Waals surface area contributed by atoms with Gasteiger partial charge in [0.05, 0.1) is 0 Å². The van der Waals surface area contributed by atoms with Crippen molar-refractivity contribution in [3.8, 4) is 0 Å². The minimum absolute atomic E-state index is 0.324. The van der Waals surface area contributed by atoms with Gasteiger partial charge in [-0.15, -0.1) is 0 Å². The van der Waals surface area contributed by atoms with Gasteiger partial charge in [0, 0.05) is 25.6 Å². The Bertz CT molecular complexity index is 251. The second kappa shape index (κ2) is 6.39. The second-order valence-electron chi connectivity index (χ2n) is 5.92. The van der Waals surface area contributed by atoms with Crippen LogP contribution in [0, 0.1) is 5.41 Å². The van der Waals surface area contributed by atoms with Crippen LogP contribution in [0.5, 0.6) is 0 Å². The summed E-state index contributed by atoms with van der Waals surface area (Å²) >= 11 is 0. The molecule has 1 atom stereocenters. The van der Waals surface area contributed by atoms with Crippen LogP contribution in [0.4, 0.5) is 0 Å². The van der Waals surface area contributed by atoms with Crippen LogP contribution in [-0.4, -0.2) is 36.5 Å². The van der Waals surface area contributed by atoms with Gasteiger partial charge in [-0.2, -0.15) is 0 Å². The van der Waals surface area contributed by atoms with E-state index in [-0.39, 0.29) is 0 Å². The molecule has 0 radical (unpaired) electrons. The molecule has 0 aromatic heterocycles. The molecular weight excluding hydrogens is 212 g/mol. The first kappa shape index (κ1) is 14.5. The van der Waals surface area contributed by atoms with E-state index in [1.54, 1.807) is 0 Å². The molecule has 0 saturated carbocycles. The number of hydrogen-bond acceptors (Lipinski definition) is 2. The predicted octanol–water partition coefficient (Wildman–Crippen LogP) is 2.41. The maximum absolute atomic E-state index is 12.1. The number of likely N-dealkylation sites (tertiary alicyclic amines) is 1. The van der Waals surface area contributed by atoms with Crippen LogP contribution >= 0.6 is 0 Å². The molecule has 0 aliphatic carbocycles. The molecule has 3 heteroatoms. The molecule has 0 aromatic rings. The quantitative estimate of drug-likeness (QED) is 0.800. The number of likely N-dealkylation sites (N-methyl/N-ethyl adjacent to an activating group) is 1. The van der Waals surface area contributed by atoms with Crippen molar-refractivity contribution in [3.63, 3.8) is 0 Å². The highest BCUT2D eigenvalue weighted by Crippen LogP contribution is 2.30. The topological polar surface area (TPSA) is 32.3 Å². The van der Waals surface area contributed by atoms with Gasteiger partial charge in [0.2, 0.25) is 5.91 Å². The van der Waals surface area contributed by atoms with Crippen molar-refractivity contribution in [2.45, 2.75) is 59.4 Å². The van der Waals surface area contributed by atoms with Gasteiger partial charge in [0.25, 0.3) is 0 Å². The van der Waals surface area contributed by atoms with Gasteiger partial charge in [0.15, 0.2) is 0 Å². The van der Waals surface area contributed by atoms with E-state index >= 15 is 0 Å². The van der Waals surface area contributed by atoms with E-state index in [1.165, 1.54) is 0 Å². The Kier molecular flexibility index (Phi) is 5.44. The zero-order valence-electron chi connectivity index (χ0n) is 11.9. The number of amides is 1. The molecule has 1 aliphatic rings. The molecule has 3 nitrogen and oxygen atoms in total. The van der Waals surface area contributed by atoms with Crippen LogP contribution in [-0.2, 0) is 4.79 Å². The Morgan fingerprint density at radius 2 is 2.06 bits per heavy atom. The Hall–Kier alpha value is -0.570. The smallest absolute Gasteiger partial charge is 0.222 e. The molecule has 1 fully saturated rings. The monoisotopic (exact) mass is 240 g/mol. The number of nitrogens with zero attached hydrogens (tertiary/aromatic N) is 1. The Labute approximate surface area is 106 Å². The Balaban J connectivity index is 2.54. The van der Waals surface area contributed by atoms with Crippen LogP contribution in [0.1, 0.15) is 53.4 Å². The van der Waals surface area contributed by atoms with Gasteiger partial charge in [-0.3, -0.25) is 4.79 Å². The third-order valence-corrected chi connectivity index (χ3v) is 3.85. The summed E-state index contributed by atoms with van der Waals surface area (Å²) in [5, 5.41) is 3.45. The van der Waals surface area contributed by atoms with Gasteiger partial charge in [-0.25, -0.2) is 0 Å². The van der Waals surface area contributed by atoms with Crippen LogP contribution in [0.15, 0.2) is 0 Å². The summed E-state index contributed by atoms with van der Waals surface area (Å²) in [5.41, 5.74) is 0.324. The van der Waals surface area contributed by atoms with Gasteiger partial charge in [-0.05, 0) is 31.2 Å². The summed E-state index contributed by atoms with van der Waals surface area (Å²) in [7, 11) is 0. The first-order valence-electron chi connectivity index (χ1n) is 6.99. The molecule has 0 aromatic carbocycles. The summed E-state index contributed by atoms with van der Waals surface area (Å²) in [4.78, 5) is 14.1. The van der Waals surface area contributed by atoms with Gasteiger partial charge in [-0.1, -0.05) is 27.7 Å². The highest BCUT2D eigenvalue weighted by molar-refractivity contribution is 5.76. The number of rotatable bonds is 5. The average molecular weight is 240 g/mol. The summed E-state index contributed by atoms with van der Waals surface area (Å²) in [6.45, 7) is 11.6. The molecule has 1 N–H and O–H groups in total. The maximum Gasteiger partial charge on any atom is 0.222 e. The third-order valence-electron chi connectivity index (χ3n) is 3.85. The minimum atomic E-state index is 0.324. The van der Waals surface area contributed by atoms with Gasteiger partial charge in [0.1, 0.15) is 0 Å². The van der Waals surface area contributed by atoms with Crippen molar-refractivity contribution in [3.05, 3.63) is 0 Å². The van der Waals surface area contributed by atoms with Crippen molar-refractivity contribution >= 4 is 5.91 Å². The fourth-order valence-electron chi connectivity index (χ4n) is 2.38. The predicted molar refractivity (Wildman–Crippen MR) is 72.0 cm³/mol. The molecule has 17 heavy (non-hydrogen) atoms. The number of nitrogens with one attached hydrogen (secondary N) is 1. The van der Waals surface area contributed by atoms with Crippen LogP contribution < -0.4 is 5.32 Å². The van der Waals surface area contributed by atoms with E-state index in [9.17, 15) is 4.79 Å². The lowest BCUT2D eigenvalue weighted by Gasteiger charge is -2.27. The summed E-state index contributed by atoms with van der Waals surface area (Å²) in [6.07, 6.45) is 3.96. The van der Waals surface area contributed by atoms with Crippen molar-refractivity contribution < 1.29 is 4.79 Å². The maximum atomic E-state index is 12.1. The molecule has 1 rings (SSSR count). The van der Waals surface area contributed by atoms with Gasteiger partial charge < -0.3 is 10.2 Å². The standard InChI is InChI=1S/C14H28N2O/c1-5-12(15-6-2)11-16-10-9-14(3,4)8-7-13(16)17/h12,15H,5-11H2,1-4H3. The molecule has 1 saturated heterocycles. The molecule has 1 heterocycles. The number of hydrogen-bond donors (Lipinski definition) is 1.